The summed E-state index contributed by atoms with van der Waals surface area (Å²) in [4.78, 5) is 0. The predicted octanol–water partition coefficient (Wildman–Crippen LogP) is 1.75. The summed E-state index contributed by atoms with van der Waals surface area (Å²) in [6.07, 6.45) is 1.55. The van der Waals surface area contributed by atoms with Gasteiger partial charge in [0, 0.05) is 7.11 Å². The van der Waals surface area contributed by atoms with Crippen molar-refractivity contribution in [2.45, 2.75) is 45.3 Å². The molecule has 1 rings (SSSR count). The topological polar surface area (TPSA) is 74.2 Å². The number of hydrogen-bond acceptors (Lipinski definition) is 5. The lowest BCUT2D eigenvalue weighted by atomic mass is 10.0. The van der Waals surface area contributed by atoms with Crippen LogP contribution >= 0.6 is 0 Å². The molecule has 0 amide bonds. The summed E-state index contributed by atoms with van der Waals surface area (Å²) in [5.74, 6) is 0.968. The second-order valence-corrected chi connectivity index (χ2v) is 3.75. The van der Waals surface area contributed by atoms with Crippen LogP contribution in [-0.4, -0.2) is 17.3 Å². The molecule has 0 aliphatic heterocycles. The average molecular weight is 213 g/mol. The van der Waals surface area contributed by atoms with Crippen LogP contribution in [-0.2, 0) is 10.3 Å². The van der Waals surface area contributed by atoms with E-state index < -0.39 is 5.60 Å². The molecular weight excluding hydrogens is 194 g/mol. The van der Waals surface area contributed by atoms with Crippen molar-refractivity contribution < 1.29 is 9.15 Å². The Balaban J connectivity index is 2.92. The molecule has 0 saturated carbocycles. The minimum Gasteiger partial charge on any atom is -0.420 e. The van der Waals surface area contributed by atoms with Gasteiger partial charge in [-0.25, -0.2) is 0 Å². The summed E-state index contributed by atoms with van der Waals surface area (Å²) in [6, 6.07) is -0.191. The summed E-state index contributed by atoms with van der Waals surface area (Å²) in [6.45, 7) is 5.90. The van der Waals surface area contributed by atoms with Crippen LogP contribution in [0.3, 0.4) is 0 Å². The molecule has 5 heteroatoms. The maximum absolute atomic E-state index is 5.80. The fourth-order valence-corrected chi connectivity index (χ4v) is 1.16. The van der Waals surface area contributed by atoms with Gasteiger partial charge >= 0.3 is 0 Å². The largest absolute Gasteiger partial charge is 0.420 e. The molecule has 1 heterocycles. The molecule has 0 aromatic carbocycles. The fourth-order valence-electron chi connectivity index (χ4n) is 1.16. The molecule has 2 N–H and O–H groups in total. The SMILES string of the molecule is CCC(N)c1nnc(C(C)(CC)OC)o1. The van der Waals surface area contributed by atoms with E-state index in [1.807, 2.05) is 20.8 Å². The van der Waals surface area contributed by atoms with Gasteiger partial charge in [0.15, 0.2) is 0 Å². The Labute approximate surface area is 90.0 Å². The number of nitrogens with two attached hydrogens (primary N) is 1. The van der Waals surface area contributed by atoms with E-state index in [0.717, 1.165) is 12.8 Å². The molecule has 2 atom stereocenters. The Bertz CT molecular complexity index is 307. The Morgan fingerprint density at radius 3 is 2.60 bits per heavy atom. The van der Waals surface area contributed by atoms with Crippen LogP contribution in [0.1, 0.15) is 51.4 Å². The molecule has 86 valence electrons. The van der Waals surface area contributed by atoms with E-state index in [2.05, 4.69) is 10.2 Å². The number of ether oxygens (including phenoxy) is 1. The van der Waals surface area contributed by atoms with Crippen LogP contribution in [0.5, 0.6) is 0 Å². The minimum atomic E-state index is -0.515. The second kappa shape index (κ2) is 4.72. The highest BCUT2D eigenvalue weighted by Crippen LogP contribution is 2.27. The van der Waals surface area contributed by atoms with Gasteiger partial charge in [-0.1, -0.05) is 13.8 Å². The smallest absolute Gasteiger partial charge is 0.248 e. The van der Waals surface area contributed by atoms with Crippen LogP contribution in [0.15, 0.2) is 4.42 Å². The second-order valence-electron chi connectivity index (χ2n) is 3.75. The Kier molecular flexibility index (Phi) is 3.82. The average Bonchev–Trinajstić information content (AvgIpc) is 2.76. The first-order chi connectivity index (χ1) is 7.07. The Hall–Kier alpha value is -0.940. The van der Waals surface area contributed by atoms with Crippen LogP contribution in [0, 0.1) is 0 Å². The molecule has 0 saturated heterocycles. The third kappa shape index (κ3) is 2.35. The third-order valence-corrected chi connectivity index (χ3v) is 2.78. The summed E-state index contributed by atoms with van der Waals surface area (Å²) in [5.41, 5.74) is 5.28. The molecule has 0 spiro atoms. The van der Waals surface area contributed by atoms with Crippen molar-refractivity contribution >= 4 is 0 Å². The summed E-state index contributed by atoms with van der Waals surface area (Å²) < 4.78 is 10.9. The molecule has 0 bridgehead atoms. The first-order valence-corrected chi connectivity index (χ1v) is 5.22. The third-order valence-electron chi connectivity index (χ3n) is 2.78. The molecule has 15 heavy (non-hydrogen) atoms. The summed E-state index contributed by atoms with van der Waals surface area (Å²) >= 11 is 0. The van der Waals surface area contributed by atoms with Crippen LogP contribution in [0.2, 0.25) is 0 Å². The fraction of sp³-hybridized carbons (Fsp3) is 0.800. The highest BCUT2D eigenvalue weighted by atomic mass is 16.5. The van der Waals surface area contributed by atoms with Gasteiger partial charge in [-0.2, -0.15) is 0 Å². The van der Waals surface area contributed by atoms with Crippen molar-refractivity contribution in [2.24, 2.45) is 5.73 Å². The molecular formula is C10H19N3O2. The van der Waals surface area contributed by atoms with Gasteiger partial charge in [0.2, 0.25) is 11.8 Å². The van der Waals surface area contributed by atoms with Gasteiger partial charge in [0.25, 0.3) is 0 Å². The monoisotopic (exact) mass is 213 g/mol. The first kappa shape index (κ1) is 12.1. The van der Waals surface area contributed by atoms with Gasteiger partial charge in [0.1, 0.15) is 5.60 Å². The Morgan fingerprint density at radius 1 is 1.47 bits per heavy atom. The van der Waals surface area contributed by atoms with E-state index in [0.29, 0.717) is 11.8 Å². The maximum Gasteiger partial charge on any atom is 0.248 e. The molecule has 0 aliphatic carbocycles. The van der Waals surface area contributed by atoms with Crippen molar-refractivity contribution in [2.75, 3.05) is 7.11 Å². The lowest BCUT2D eigenvalue weighted by molar-refractivity contribution is -0.0244. The summed E-state index contributed by atoms with van der Waals surface area (Å²) in [7, 11) is 1.63. The zero-order valence-electron chi connectivity index (χ0n) is 9.78. The van der Waals surface area contributed by atoms with Crippen LogP contribution in [0.25, 0.3) is 0 Å². The Morgan fingerprint density at radius 2 is 2.13 bits per heavy atom. The van der Waals surface area contributed by atoms with Crippen molar-refractivity contribution in [3.8, 4) is 0 Å². The molecule has 2 unspecified atom stereocenters. The van der Waals surface area contributed by atoms with E-state index in [1.165, 1.54) is 0 Å². The lowest BCUT2D eigenvalue weighted by Crippen LogP contribution is -2.23. The molecule has 0 radical (unpaired) electrons. The standard InChI is InChI=1S/C10H19N3O2/c1-5-7(11)8-12-13-9(15-8)10(3,6-2)14-4/h7H,5-6,11H2,1-4H3. The van der Waals surface area contributed by atoms with Crippen molar-refractivity contribution in [1.82, 2.24) is 10.2 Å². The zero-order chi connectivity index (χ0) is 11.5. The number of rotatable bonds is 5. The molecule has 0 fully saturated rings. The van der Waals surface area contributed by atoms with Gasteiger partial charge in [0.05, 0.1) is 6.04 Å². The number of hydrogen-bond donors (Lipinski definition) is 1. The number of methoxy groups -OCH3 is 1. The van der Waals surface area contributed by atoms with Gasteiger partial charge in [-0.3, -0.25) is 0 Å². The van der Waals surface area contributed by atoms with E-state index in [4.69, 9.17) is 14.9 Å². The lowest BCUT2D eigenvalue weighted by Gasteiger charge is -2.21. The van der Waals surface area contributed by atoms with Gasteiger partial charge in [-0.15, -0.1) is 10.2 Å². The molecule has 1 aromatic rings. The van der Waals surface area contributed by atoms with Crippen LogP contribution in [0.4, 0.5) is 0 Å². The number of aromatic nitrogens is 2. The van der Waals surface area contributed by atoms with Crippen molar-refractivity contribution in [1.29, 1.82) is 0 Å². The molecule has 1 aromatic heterocycles. The predicted molar refractivity (Wildman–Crippen MR) is 56.2 cm³/mol. The zero-order valence-corrected chi connectivity index (χ0v) is 9.78. The van der Waals surface area contributed by atoms with Crippen molar-refractivity contribution in [3.05, 3.63) is 11.8 Å². The van der Waals surface area contributed by atoms with E-state index in [-0.39, 0.29) is 6.04 Å². The number of nitrogens with zero attached hydrogens (tertiary/aromatic N) is 2. The minimum absolute atomic E-state index is 0.191. The van der Waals surface area contributed by atoms with E-state index in [9.17, 15) is 0 Å². The highest BCUT2D eigenvalue weighted by Gasteiger charge is 2.31. The van der Waals surface area contributed by atoms with E-state index in [1.54, 1.807) is 7.11 Å². The normalized spacial score (nSPS) is 17.4. The maximum atomic E-state index is 5.80. The van der Waals surface area contributed by atoms with E-state index >= 15 is 0 Å². The van der Waals surface area contributed by atoms with Gasteiger partial charge in [-0.05, 0) is 19.8 Å². The summed E-state index contributed by atoms with van der Waals surface area (Å²) in [5, 5.41) is 7.90. The molecule has 0 aliphatic rings. The van der Waals surface area contributed by atoms with Crippen LogP contribution < -0.4 is 5.73 Å². The first-order valence-electron chi connectivity index (χ1n) is 5.22. The molecule has 5 nitrogen and oxygen atoms in total. The van der Waals surface area contributed by atoms with Gasteiger partial charge < -0.3 is 14.9 Å². The quantitative estimate of drug-likeness (QED) is 0.806. The highest BCUT2D eigenvalue weighted by molar-refractivity contribution is 4.97. The van der Waals surface area contributed by atoms with Crippen molar-refractivity contribution in [3.63, 3.8) is 0 Å².